The first-order valence-electron chi connectivity index (χ1n) is 7.33. The lowest BCUT2D eigenvalue weighted by atomic mass is 10.2. The van der Waals surface area contributed by atoms with Crippen molar-refractivity contribution in [3.05, 3.63) is 35.9 Å². The topological polar surface area (TPSA) is 52.4 Å². The number of nitrogens with zero attached hydrogens (tertiary/aromatic N) is 4. The molecule has 1 unspecified atom stereocenters. The fourth-order valence-electron chi connectivity index (χ4n) is 2.99. The molecule has 4 rings (SSSR count). The van der Waals surface area contributed by atoms with Crippen molar-refractivity contribution in [2.75, 3.05) is 26.3 Å². The summed E-state index contributed by atoms with van der Waals surface area (Å²) < 4.78 is 13.3. The Balaban J connectivity index is 1.74. The van der Waals surface area contributed by atoms with E-state index in [9.17, 15) is 0 Å². The van der Waals surface area contributed by atoms with Gasteiger partial charge in [-0.2, -0.15) is 0 Å². The Morgan fingerprint density at radius 1 is 1.14 bits per heavy atom. The van der Waals surface area contributed by atoms with Gasteiger partial charge in [-0.1, -0.05) is 12.1 Å². The Bertz CT molecular complexity index is 649. The van der Waals surface area contributed by atoms with Crippen molar-refractivity contribution in [1.82, 2.24) is 19.7 Å². The maximum absolute atomic E-state index is 5.73. The maximum Gasteiger partial charge on any atom is 0.175 e. The normalized spacial score (nSPS) is 19.5. The summed E-state index contributed by atoms with van der Waals surface area (Å²) in [5.74, 6) is 2.73. The Labute approximate surface area is 123 Å². The third-order valence-corrected chi connectivity index (χ3v) is 4.19. The SMILES string of the molecule is CC(c1nnc2n1-c1ccccc1OC2)N1CCOCC1. The van der Waals surface area contributed by atoms with E-state index in [2.05, 4.69) is 32.7 Å². The summed E-state index contributed by atoms with van der Waals surface area (Å²) in [6.45, 7) is 6.08. The van der Waals surface area contributed by atoms with Crippen LogP contribution in [-0.4, -0.2) is 46.0 Å². The van der Waals surface area contributed by atoms with Gasteiger partial charge in [0.2, 0.25) is 0 Å². The van der Waals surface area contributed by atoms with Gasteiger partial charge in [0, 0.05) is 13.1 Å². The first kappa shape index (κ1) is 12.8. The molecule has 0 aliphatic carbocycles. The molecule has 0 saturated carbocycles. The van der Waals surface area contributed by atoms with Crippen LogP contribution in [0.4, 0.5) is 0 Å². The predicted molar refractivity (Wildman–Crippen MR) is 76.5 cm³/mol. The second-order valence-corrected chi connectivity index (χ2v) is 5.39. The highest BCUT2D eigenvalue weighted by Crippen LogP contribution is 2.32. The highest BCUT2D eigenvalue weighted by atomic mass is 16.5. The summed E-state index contributed by atoms with van der Waals surface area (Å²) in [5.41, 5.74) is 1.03. The minimum Gasteiger partial charge on any atom is -0.483 e. The van der Waals surface area contributed by atoms with Crippen molar-refractivity contribution in [2.24, 2.45) is 0 Å². The van der Waals surface area contributed by atoms with Crippen molar-refractivity contribution in [1.29, 1.82) is 0 Å². The molecule has 1 atom stereocenters. The molecule has 6 heteroatoms. The molecule has 0 amide bonds. The summed E-state index contributed by atoms with van der Waals surface area (Å²) in [6.07, 6.45) is 0. The summed E-state index contributed by atoms with van der Waals surface area (Å²) in [6, 6.07) is 8.25. The standard InChI is InChI=1S/C15H18N4O2/c1-11(18-6-8-20-9-7-18)15-17-16-14-10-21-13-5-3-2-4-12(13)19(14)15/h2-5,11H,6-10H2,1H3. The van der Waals surface area contributed by atoms with Crippen LogP contribution in [0.2, 0.25) is 0 Å². The highest BCUT2D eigenvalue weighted by molar-refractivity contribution is 5.49. The molecule has 1 aromatic heterocycles. The number of benzene rings is 1. The Hall–Kier alpha value is -1.92. The number of ether oxygens (including phenoxy) is 2. The number of hydrogen-bond donors (Lipinski definition) is 0. The fourth-order valence-corrected chi connectivity index (χ4v) is 2.99. The average molecular weight is 286 g/mol. The molecule has 0 bridgehead atoms. The summed E-state index contributed by atoms with van der Waals surface area (Å²) in [4.78, 5) is 2.39. The zero-order valence-electron chi connectivity index (χ0n) is 12.0. The van der Waals surface area contributed by atoms with Crippen LogP contribution in [0.1, 0.15) is 24.6 Å². The van der Waals surface area contributed by atoms with Gasteiger partial charge in [0.1, 0.15) is 12.4 Å². The van der Waals surface area contributed by atoms with Crippen LogP contribution in [0.3, 0.4) is 0 Å². The van der Waals surface area contributed by atoms with E-state index in [4.69, 9.17) is 9.47 Å². The van der Waals surface area contributed by atoms with Gasteiger partial charge in [-0.25, -0.2) is 0 Å². The van der Waals surface area contributed by atoms with E-state index >= 15 is 0 Å². The molecule has 21 heavy (non-hydrogen) atoms. The first-order chi connectivity index (χ1) is 10.3. The Morgan fingerprint density at radius 2 is 1.95 bits per heavy atom. The largest absolute Gasteiger partial charge is 0.483 e. The van der Waals surface area contributed by atoms with Gasteiger partial charge in [-0.05, 0) is 19.1 Å². The molecule has 6 nitrogen and oxygen atoms in total. The second-order valence-electron chi connectivity index (χ2n) is 5.39. The van der Waals surface area contributed by atoms with Crippen molar-refractivity contribution in [3.8, 4) is 11.4 Å². The molecule has 0 spiro atoms. The van der Waals surface area contributed by atoms with Gasteiger partial charge < -0.3 is 9.47 Å². The third kappa shape index (κ3) is 2.11. The van der Waals surface area contributed by atoms with E-state index in [-0.39, 0.29) is 6.04 Å². The smallest absolute Gasteiger partial charge is 0.175 e. The minimum absolute atomic E-state index is 0.210. The summed E-state index contributed by atoms with van der Waals surface area (Å²) in [7, 11) is 0. The number of para-hydroxylation sites is 2. The molecule has 1 saturated heterocycles. The van der Waals surface area contributed by atoms with Gasteiger partial charge in [-0.3, -0.25) is 9.47 Å². The Morgan fingerprint density at radius 3 is 2.81 bits per heavy atom. The molecule has 3 heterocycles. The Kier molecular flexibility index (Phi) is 3.12. The third-order valence-electron chi connectivity index (χ3n) is 4.19. The lowest BCUT2D eigenvalue weighted by Crippen LogP contribution is -2.39. The number of morpholine rings is 1. The van der Waals surface area contributed by atoms with Crippen LogP contribution in [0.15, 0.2) is 24.3 Å². The van der Waals surface area contributed by atoms with Crippen LogP contribution in [0.25, 0.3) is 5.69 Å². The lowest BCUT2D eigenvalue weighted by molar-refractivity contribution is 0.0177. The molecule has 0 radical (unpaired) electrons. The van der Waals surface area contributed by atoms with Crippen LogP contribution in [0, 0.1) is 0 Å². The number of rotatable bonds is 2. The van der Waals surface area contributed by atoms with E-state index in [0.29, 0.717) is 6.61 Å². The van der Waals surface area contributed by atoms with Crippen molar-refractivity contribution in [2.45, 2.75) is 19.6 Å². The van der Waals surface area contributed by atoms with E-state index in [1.807, 2.05) is 18.2 Å². The monoisotopic (exact) mass is 286 g/mol. The molecular weight excluding hydrogens is 268 g/mol. The molecule has 1 fully saturated rings. The molecule has 2 aromatic rings. The van der Waals surface area contributed by atoms with Crippen LogP contribution in [0.5, 0.6) is 5.75 Å². The quantitative estimate of drug-likeness (QED) is 0.838. The first-order valence-corrected chi connectivity index (χ1v) is 7.33. The van der Waals surface area contributed by atoms with E-state index in [1.54, 1.807) is 0 Å². The van der Waals surface area contributed by atoms with Crippen molar-refractivity contribution in [3.63, 3.8) is 0 Å². The van der Waals surface area contributed by atoms with Crippen LogP contribution < -0.4 is 4.74 Å². The number of fused-ring (bicyclic) bond motifs is 3. The summed E-state index contributed by atoms with van der Waals surface area (Å²) >= 11 is 0. The molecule has 2 aliphatic rings. The van der Waals surface area contributed by atoms with Gasteiger partial charge in [-0.15, -0.1) is 10.2 Å². The van der Waals surface area contributed by atoms with Crippen molar-refractivity contribution < 1.29 is 9.47 Å². The van der Waals surface area contributed by atoms with Gasteiger partial charge in [0.05, 0.1) is 24.9 Å². The zero-order valence-corrected chi connectivity index (χ0v) is 12.0. The van der Waals surface area contributed by atoms with Crippen molar-refractivity contribution >= 4 is 0 Å². The van der Waals surface area contributed by atoms with Crippen LogP contribution >= 0.6 is 0 Å². The highest BCUT2D eigenvalue weighted by Gasteiger charge is 2.28. The van der Waals surface area contributed by atoms with Crippen LogP contribution in [-0.2, 0) is 11.3 Å². The van der Waals surface area contributed by atoms with E-state index < -0.39 is 0 Å². The molecule has 1 aromatic carbocycles. The summed E-state index contributed by atoms with van der Waals surface area (Å²) in [5, 5.41) is 8.72. The second kappa shape index (κ2) is 5.13. The van der Waals surface area contributed by atoms with Gasteiger partial charge in [0.25, 0.3) is 0 Å². The minimum atomic E-state index is 0.210. The molecule has 110 valence electrons. The molecule has 2 aliphatic heterocycles. The maximum atomic E-state index is 5.73. The van der Waals surface area contributed by atoms with Gasteiger partial charge >= 0.3 is 0 Å². The number of hydrogen-bond acceptors (Lipinski definition) is 5. The zero-order chi connectivity index (χ0) is 14.2. The van der Waals surface area contributed by atoms with E-state index in [0.717, 1.165) is 49.4 Å². The van der Waals surface area contributed by atoms with Gasteiger partial charge in [0.15, 0.2) is 11.6 Å². The lowest BCUT2D eigenvalue weighted by Gasteiger charge is -2.32. The molecular formula is C15H18N4O2. The number of aromatic nitrogens is 3. The fraction of sp³-hybridized carbons (Fsp3) is 0.467. The van der Waals surface area contributed by atoms with E-state index in [1.165, 1.54) is 0 Å². The average Bonchev–Trinajstić information content (AvgIpc) is 2.99. The molecule has 0 N–H and O–H groups in total. The predicted octanol–water partition coefficient (Wildman–Crippen LogP) is 1.55.